The molecule has 7 heteroatoms. The number of methoxy groups -OCH3 is 1. The molecule has 0 aliphatic rings. The minimum atomic E-state index is -2.87. The SMILES string of the molecule is COc1ccc(Cn2ccnc2)nc1-c1cccc(OC(F)F)c1. The molecule has 1 aromatic carbocycles. The standard InChI is InChI=1S/C17H15F2N3O2/c1-23-15-6-5-13(10-22-8-7-20-11-22)21-16(15)12-3-2-4-14(9-12)24-17(18)19/h2-9,11,17H,10H2,1H3. The molecule has 24 heavy (non-hydrogen) atoms. The van der Waals surface area contributed by atoms with Crippen molar-refractivity contribution in [1.29, 1.82) is 0 Å². The molecule has 0 atom stereocenters. The van der Waals surface area contributed by atoms with E-state index < -0.39 is 6.61 Å². The van der Waals surface area contributed by atoms with E-state index in [4.69, 9.17) is 4.74 Å². The third-order valence-corrected chi connectivity index (χ3v) is 3.37. The van der Waals surface area contributed by atoms with Crippen LogP contribution in [0, 0.1) is 0 Å². The number of hydrogen-bond acceptors (Lipinski definition) is 4. The molecule has 124 valence electrons. The highest BCUT2D eigenvalue weighted by Crippen LogP contribution is 2.31. The van der Waals surface area contributed by atoms with Gasteiger partial charge in [0.2, 0.25) is 0 Å². The van der Waals surface area contributed by atoms with Gasteiger partial charge in [-0.05, 0) is 24.3 Å². The summed E-state index contributed by atoms with van der Waals surface area (Å²) in [4.78, 5) is 8.59. The molecule has 0 fully saturated rings. The molecule has 0 spiro atoms. The van der Waals surface area contributed by atoms with Gasteiger partial charge in [0.25, 0.3) is 0 Å². The van der Waals surface area contributed by atoms with E-state index in [-0.39, 0.29) is 5.75 Å². The maximum absolute atomic E-state index is 12.4. The monoisotopic (exact) mass is 331 g/mol. The van der Waals surface area contributed by atoms with Crippen molar-refractivity contribution in [3.8, 4) is 22.8 Å². The fourth-order valence-electron chi connectivity index (χ4n) is 2.33. The van der Waals surface area contributed by atoms with Gasteiger partial charge in [-0.3, -0.25) is 0 Å². The molecule has 0 bridgehead atoms. The molecule has 3 rings (SSSR count). The van der Waals surface area contributed by atoms with Crippen LogP contribution in [0.15, 0.2) is 55.1 Å². The second-order valence-electron chi connectivity index (χ2n) is 4.99. The normalized spacial score (nSPS) is 10.8. The molecule has 0 saturated carbocycles. The Labute approximate surface area is 137 Å². The molecule has 0 radical (unpaired) electrons. The van der Waals surface area contributed by atoms with E-state index in [9.17, 15) is 8.78 Å². The number of hydrogen-bond donors (Lipinski definition) is 0. The van der Waals surface area contributed by atoms with Gasteiger partial charge in [0.05, 0.1) is 25.7 Å². The molecule has 0 N–H and O–H groups in total. The largest absolute Gasteiger partial charge is 0.494 e. The van der Waals surface area contributed by atoms with Crippen LogP contribution in [0.25, 0.3) is 11.3 Å². The zero-order valence-electron chi connectivity index (χ0n) is 12.9. The van der Waals surface area contributed by atoms with E-state index >= 15 is 0 Å². The van der Waals surface area contributed by atoms with E-state index in [1.807, 2.05) is 16.8 Å². The van der Waals surface area contributed by atoms with Crippen molar-refractivity contribution in [1.82, 2.24) is 14.5 Å². The third kappa shape index (κ3) is 3.68. The molecular formula is C17H15F2N3O2. The van der Waals surface area contributed by atoms with Crippen LogP contribution in [-0.4, -0.2) is 28.3 Å². The summed E-state index contributed by atoms with van der Waals surface area (Å²) in [5.41, 5.74) is 2.00. The lowest BCUT2D eigenvalue weighted by molar-refractivity contribution is -0.0498. The molecule has 3 aromatic rings. The topological polar surface area (TPSA) is 49.2 Å². The van der Waals surface area contributed by atoms with Gasteiger partial charge in [-0.2, -0.15) is 8.78 Å². The molecule has 0 saturated heterocycles. The Bertz CT molecular complexity index is 807. The van der Waals surface area contributed by atoms with Crippen LogP contribution in [0.2, 0.25) is 0 Å². The lowest BCUT2D eigenvalue weighted by Crippen LogP contribution is -2.03. The summed E-state index contributed by atoms with van der Waals surface area (Å²) >= 11 is 0. The van der Waals surface area contributed by atoms with Crippen molar-refractivity contribution < 1.29 is 18.3 Å². The second kappa shape index (κ2) is 7.08. The van der Waals surface area contributed by atoms with Crippen molar-refractivity contribution in [2.45, 2.75) is 13.2 Å². The van der Waals surface area contributed by atoms with Crippen molar-refractivity contribution in [3.63, 3.8) is 0 Å². The maximum Gasteiger partial charge on any atom is 0.387 e. The molecule has 0 aliphatic carbocycles. The summed E-state index contributed by atoms with van der Waals surface area (Å²) in [6.45, 7) is -2.33. The number of aromatic nitrogens is 3. The number of halogens is 2. The molecule has 0 aliphatic heterocycles. The number of rotatable bonds is 6. The smallest absolute Gasteiger partial charge is 0.387 e. The molecular weight excluding hydrogens is 316 g/mol. The van der Waals surface area contributed by atoms with Crippen LogP contribution < -0.4 is 9.47 Å². The highest BCUT2D eigenvalue weighted by molar-refractivity contribution is 5.67. The Balaban J connectivity index is 1.96. The van der Waals surface area contributed by atoms with E-state index in [1.165, 1.54) is 19.2 Å². The van der Waals surface area contributed by atoms with Gasteiger partial charge in [0.1, 0.15) is 17.2 Å². The van der Waals surface area contributed by atoms with Gasteiger partial charge in [-0.1, -0.05) is 12.1 Å². The Kier molecular flexibility index (Phi) is 4.69. The lowest BCUT2D eigenvalue weighted by atomic mass is 10.1. The summed E-state index contributed by atoms with van der Waals surface area (Å²) < 4.78 is 36.5. The number of imidazole rings is 1. The number of pyridine rings is 1. The van der Waals surface area contributed by atoms with Gasteiger partial charge >= 0.3 is 6.61 Å². The molecule has 0 amide bonds. The van der Waals surface area contributed by atoms with Crippen molar-refractivity contribution >= 4 is 0 Å². The van der Waals surface area contributed by atoms with Crippen molar-refractivity contribution in [2.75, 3.05) is 7.11 Å². The highest BCUT2D eigenvalue weighted by Gasteiger charge is 2.12. The summed E-state index contributed by atoms with van der Waals surface area (Å²) in [6, 6.07) is 10.0. The molecule has 2 heterocycles. The van der Waals surface area contributed by atoms with Gasteiger partial charge < -0.3 is 14.0 Å². The number of ether oxygens (including phenoxy) is 2. The molecule has 0 unspecified atom stereocenters. The lowest BCUT2D eigenvalue weighted by Gasteiger charge is -2.12. The van der Waals surface area contributed by atoms with E-state index in [2.05, 4.69) is 14.7 Å². The zero-order chi connectivity index (χ0) is 16.9. The number of alkyl halides is 2. The van der Waals surface area contributed by atoms with E-state index in [1.54, 1.807) is 30.7 Å². The summed E-state index contributed by atoms with van der Waals surface area (Å²) in [5, 5.41) is 0. The minimum absolute atomic E-state index is 0.0753. The first-order chi connectivity index (χ1) is 11.7. The van der Waals surface area contributed by atoms with Gasteiger partial charge in [-0.25, -0.2) is 9.97 Å². The average molecular weight is 331 g/mol. The van der Waals surface area contributed by atoms with Crippen LogP contribution in [-0.2, 0) is 6.54 Å². The Morgan fingerprint density at radius 2 is 2.08 bits per heavy atom. The fraction of sp³-hybridized carbons (Fsp3) is 0.176. The quantitative estimate of drug-likeness (QED) is 0.692. The Morgan fingerprint density at radius 1 is 1.21 bits per heavy atom. The zero-order valence-corrected chi connectivity index (χ0v) is 12.9. The summed E-state index contributed by atoms with van der Waals surface area (Å²) in [7, 11) is 1.54. The van der Waals surface area contributed by atoms with Crippen LogP contribution in [0.3, 0.4) is 0 Å². The van der Waals surface area contributed by atoms with Crippen LogP contribution in [0.1, 0.15) is 5.69 Å². The third-order valence-electron chi connectivity index (χ3n) is 3.37. The highest BCUT2D eigenvalue weighted by atomic mass is 19.3. The van der Waals surface area contributed by atoms with Crippen molar-refractivity contribution in [3.05, 3.63) is 60.8 Å². The first kappa shape index (κ1) is 15.9. The minimum Gasteiger partial charge on any atom is -0.494 e. The van der Waals surface area contributed by atoms with Crippen LogP contribution in [0.4, 0.5) is 8.78 Å². The Hall–Kier alpha value is -2.96. The van der Waals surface area contributed by atoms with E-state index in [0.717, 1.165) is 5.69 Å². The molecule has 5 nitrogen and oxygen atoms in total. The maximum atomic E-state index is 12.4. The summed E-state index contributed by atoms with van der Waals surface area (Å²) in [6.07, 6.45) is 5.22. The second-order valence-corrected chi connectivity index (χ2v) is 4.99. The Morgan fingerprint density at radius 3 is 2.79 bits per heavy atom. The first-order valence-electron chi connectivity index (χ1n) is 7.20. The van der Waals surface area contributed by atoms with Crippen molar-refractivity contribution in [2.24, 2.45) is 0 Å². The first-order valence-corrected chi connectivity index (χ1v) is 7.20. The fourth-order valence-corrected chi connectivity index (χ4v) is 2.33. The number of nitrogens with zero attached hydrogens (tertiary/aromatic N) is 3. The van der Waals surface area contributed by atoms with Gasteiger partial charge in [0.15, 0.2) is 0 Å². The summed E-state index contributed by atoms with van der Waals surface area (Å²) in [5.74, 6) is 0.630. The number of benzene rings is 1. The predicted molar refractivity (Wildman–Crippen MR) is 84.2 cm³/mol. The van der Waals surface area contributed by atoms with Gasteiger partial charge in [0, 0.05) is 18.0 Å². The average Bonchev–Trinajstić information content (AvgIpc) is 3.07. The van der Waals surface area contributed by atoms with Crippen LogP contribution >= 0.6 is 0 Å². The van der Waals surface area contributed by atoms with Crippen LogP contribution in [0.5, 0.6) is 11.5 Å². The van der Waals surface area contributed by atoms with E-state index in [0.29, 0.717) is 23.6 Å². The molecule has 2 aromatic heterocycles. The van der Waals surface area contributed by atoms with Gasteiger partial charge in [-0.15, -0.1) is 0 Å². The predicted octanol–water partition coefficient (Wildman–Crippen LogP) is 3.60.